The van der Waals surface area contributed by atoms with Crippen LogP contribution in [0.5, 0.6) is 0 Å². The fraction of sp³-hybridized carbons (Fsp3) is 0.154. The molecule has 0 bridgehead atoms. The van der Waals surface area contributed by atoms with Gasteiger partial charge in [0, 0.05) is 63.7 Å². The molecule has 2 heterocycles. The summed E-state index contributed by atoms with van der Waals surface area (Å²) in [6.07, 6.45) is 3.33. The summed E-state index contributed by atoms with van der Waals surface area (Å²) in [6.45, 7) is 0. The maximum atomic E-state index is 7.72. The Bertz CT molecular complexity index is 745. The van der Waals surface area contributed by atoms with E-state index in [2.05, 4.69) is 33.4 Å². The van der Waals surface area contributed by atoms with Gasteiger partial charge in [-0.05, 0) is 5.56 Å². The smallest absolute Gasteiger partial charge is 0.101 e. The summed E-state index contributed by atoms with van der Waals surface area (Å²) in [5, 5.41) is 7.72. The van der Waals surface area contributed by atoms with Gasteiger partial charge in [-0.2, -0.15) is 0 Å². The number of H-pyrrole nitrogens is 1. The second-order valence-electron chi connectivity index (χ2n) is 4.14. The predicted octanol–water partition coefficient (Wildman–Crippen LogP) is 1.16. The van der Waals surface area contributed by atoms with Gasteiger partial charge in [0.15, 0.2) is 0 Å². The van der Waals surface area contributed by atoms with Crippen LogP contribution in [0.25, 0.3) is 11.2 Å². The summed E-state index contributed by atoms with van der Waals surface area (Å²) in [4.78, 5) is 11.2. The summed E-state index contributed by atoms with van der Waals surface area (Å²) in [6, 6.07) is 10.1. The van der Waals surface area contributed by atoms with Crippen LogP contribution >= 0.6 is 0 Å². The van der Waals surface area contributed by atoms with E-state index in [4.69, 9.17) is 5.41 Å². The fourth-order valence-corrected chi connectivity index (χ4v) is 1.98. The molecule has 0 saturated heterocycles. The molecule has 3 rings (SSSR count). The van der Waals surface area contributed by atoms with Crippen molar-refractivity contribution in [2.45, 2.75) is 6.42 Å². The number of hydrogen-bond donors (Lipinski definition) is 2. The molecule has 6 heteroatoms. The van der Waals surface area contributed by atoms with Crippen LogP contribution < -0.4 is 5.49 Å². The zero-order valence-corrected chi connectivity index (χ0v) is 13.4. The molecule has 1 radical (unpaired) electrons. The van der Waals surface area contributed by atoms with Crippen molar-refractivity contribution in [1.29, 1.82) is 5.41 Å². The second kappa shape index (κ2) is 5.76. The standard InChI is InChI=1S/C13H12N5.Y/c1-18-10(7-9-5-3-2-4-6-9)17-11-12(14)15-8-16-13(11)18;/h2-6H,7H2,1H3,(H2,14,15,16);/q-1;. The van der Waals surface area contributed by atoms with Gasteiger partial charge in [0.1, 0.15) is 5.82 Å². The number of aromatic nitrogens is 4. The minimum absolute atomic E-state index is 0. The van der Waals surface area contributed by atoms with Crippen LogP contribution in [0.3, 0.4) is 0 Å². The largest absolute Gasteiger partial charge is 0.438 e. The van der Waals surface area contributed by atoms with Gasteiger partial charge in [0.05, 0.1) is 5.49 Å². The van der Waals surface area contributed by atoms with Crippen LogP contribution in [0, 0.1) is 11.7 Å². The van der Waals surface area contributed by atoms with Gasteiger partial charge in [0.2, 0.25) is 0 Å². The topological polar surface area (TPSA) is 70.3 Å². The molecule has 2 aromatic heterocycles. The quantitative estimate of drug-likeness (QED) is 0.694. The van der Waals surface area contributed by atoms with Gasteiger partial charge < -0.3 is 19.9 Å². The molecule has 93 valence electrons. The number of aryl methyl sites for hydroxylation is 1. The van der Waals surface area contributed by atoms with Crippen molar-refractivity contribution in [3.8, 4) is 0 Å². The van der Waals surface area contributed by atoms with Gasteiger partial charge in [-0.15, -0.1) is 0 Å². The molecule has 0 amide bonds. The van der Waals surface area contributed by atoms with Crippen LogP contribution in [0.15, 0.2) is 30.3 Å². The summed E-state index contributed by atoms with van der Waals surface area (Å²) in [7, 11) is 1.93. The van der Waals surface area contributed by atoms with E-state index in [1.165, 1.54) is 5.56 Å². The minimum atomic E-state index is 0. The molecule has 3 aromatic rings. The SMILES string of the molecule is Cn1c(Cc2ccccc2)nc2c(=N)n[c-][nH]c21.[Y]. The van der Waals surface area contributed by atoms with Gasteiger partial charge in [-0.3, -0.25) is 4.98 Å². The minimum Gasteiger partial charge on any atom is -0.438 e. The molecule has 0 spiro atoms. The van der Waals surface area contributed by atoms with Gasteiger partial charge in [-0.1, -0.05) is 30.3 Å². The summed E-state index contributed by atoms with van der Waals surface area (Å²) >= 11 is 0. The molecular formula is C13H12N5Y-. The average molecular weight is 327 g/mol. The Labute approximate surface area is 135 Å². The predicted molar refractivity (Wildman–Crippen MR) is 66.8 cm³/mol. The van der Waals surface area contributed by atoms with E-state index >= 15 is 0 Å². The third-order valence-corrected chi connectivity index (χ3v) is 2.96. The Balaban J connectivity index is 0.00000133. The maximum Gasteiger partial charge on any atom is 0.101 e. The van der Waals surface area contributed by atoms with Crippen molar-refractivity contribution in [3.63, 3.8) is 0 Å². The molecule has 0 unspecified atom stereocenters. The number of fused-ring (bicyclic) bond motifs is 1. The summed E-state index contributed by atoms with van der Waals surface area (Å²) < 4.78 is 1.94. The molecule has 0 aliphatic rings. The van der Waals surface area contributed by atoms with E-state index in [9.17, 15) is 0 Å². The fourth-order valence-electron chi connectivity index (χ4n) is 1.98. The Morgan fingerprint density at radius 1 is 1.32 bits per heavy atom. The summed E-state index contributed by atoms with van der Waals surface area (Å²) in [5.74, 6) is 0.905. The molecule has 0 aliphatic carbocycles. The van der Waals surface area contributed by atoms with Crippen molar-refractivity contribution in [2.24, 2.45) is 7.05 Å². The van der Waals surface area contributed by atoms with Crippen LogP contribution in [0.4, 0.5) is 0 Å². The third kappa shape index (κ3) is 2.67. The molecule has 19 heavy (non-hydrogen) atoms. The Hall–Kier alpha value is -1.33. The van der Waals surface area contributed by atoms with E-state index in [0.717, 1.165) is 17.9 Å². The van der Waals surface area contributed by atoms with Gasteiger partial charge in [0.25, 0.3) is 0 Å². The van der Waals surface area contributed by atoms with Crippen molar-refractivity contribution >= 4 is 11.2 Å². The van der Waals surface area contributed by atoms with E-state index < -0.39 is 0 Å². The maximum absolute atomic E-state index is 7.72. The number of nitrogens with zero attached hydrogens (tertiary/aromatic N) is 3. The van der Waals surface area contributed by atoms with Crippen LogP contribution in [-0.2, 0) is 46.2 Å². The molecule has 0 fully saturated rings. The van der Waals surface area contributed by atoms with Crippen molar-refractivity contribution in [3.05, 3.63) is 53.5 Å². The Morgan fingerprint density at radius 2 is 2.05 bits per heavy atom. The molecule has 2 N–H and O–H groups in total. The van der Waals surface area contributed by atoms with Gasteiger partial charge in [-0.25, -0.2) is 0 Å². The first-order valence-electron chi connectivity index (χ1n) is 5.66. The number of benzene rings is 1. The Morgan fingerprint density at radius 3 is 2.74 bits per heavy atom. The zero-order valence-electron chi connectivity index (χ0n) is 10.5. The number of nitrogens with one attached hydrogen (secondary N) is 2. The second-order valence-corrected chi connectivity index (χ2v) is 4.14. The van der Waals surface area contributed by atoms with E-state index in [1.807, 2.05) is 29.8 Å². The average Bonchev–Trinajstić information content (AvgIpc) is 2.70. The van der Waals surface area contributed by atoms with Crippen LogP contribution in [0.2, 0.25) is 0 Å². The van der Waals surface area contributed by atoms with Crippen molar-refractivity contribution in [2.75, 3.05) is 0 Å². The monoisotopic (exact) mass is 327 g/mol. The number of rotatable bonds is 2. The molecular weight excluding hydrogens is 315 g/mol. The van der Waals surface area contributed by atoms with Crippen LogP contribution in [-0.4, -0.2) is 19.5 Å². The van der Waals surface area contributed by atoms with Crippen molar-refractivity contribution < 1.29 is 32.7 Å². The normalized spacial score (nSPS) is 10.4. The van der Waals surface area contributed by atoms with E-state index in [0.29, 0.717) is 5.52 Å². The molecule has 1 aromatic carbocycles. The number of aromatic amines is 1. The Kier molecular flexibility index (Phi) is 4.27. The molecule has 0 saturated carbocycles. The first-order chi connectivity index (χ1) is 8.75. The van der Waals surface area contributed by atoms with Crippen LogP contribution in [0.1, 0.15) is 11.4 Å². The first-order valence-corrected chi connectivity index (χ1v) is 5.66. The molecule has 0 atom stereocenters. The molecule has 0 aliphatic heterocycles. The van der Waals surface area contributed by atoms with E-state index in [-0.39, 0.29) is 38.2 Å². The van der Waals surface area contributed by atoms with E-state index in [1.54, 1.807) is 0 Å². The number of hydrogen-bond acceptors (Lipinski definition) is 3. The molecule has 5 nitrogen and oxygen atoms in total. The zero-order chi connectivity index (χ0) is 12.5. The van der Waals surface area contributed by atoms with Crippen molar-refractivity contribution in [1.82, 2.24) is 19.5 Å². The number of imidazole rings is 1. The summed E-state index contributed by atoms with van der Waals surface area (Å²) in [5.41, 5.74) is 2.71. The third-order valence-electron chi connectivity index (χ3n) is 2.96. The first kappa shape index (κ1) is 14.1. The van der Waals surface area contributed by atoms with Gasteiger partial charge >= 0.3 is 0 Å².